The predicted molar refractivity (Wildman–Crippen MR) is 56.7 cm³/mol. The van der Waals surface area contributed by atoms with Crippen molar-refractivity contribution in [1.82, 2.24) is 0 Å². The zero-order valence-electron chi connectivity index (χ0n) is 8.95. The predicted octanol–water partition coefficient (Wildman–Crippen LogP) is 0.799. The van der Waals surface area contributed by atoms with Gasteiger partial charge in [-0.15, -0.1) is 0 Å². The molecule has 0 saturated heterocycles. The second-order valence-corrected chi connectivity index (χ2v) is 3.68. The third kappa shape index (κ3) is 3.51. The van der Waals surface area contributed by atoms with Gasteiger partial charge >= 0.3 is 0 Å². The van der Waals surface area contributed by atoms with Crippen LogP contribution < -0.4 is 11.5 Å². The molecular formula is C11H12F2N2O2. The van der Waals surface area contributed by atoms with Crippen LogP contribution in [-0.2, 0) is 9.59 Å². The first-order valence-electron chi connectivity index (χ1n) is 4.92. The molecule has 6 heteroatoms. The smallest absolute Gasteiger partial charge is 0.218 e. The maximum Gasteiger partial charge on any atom is 0.218 e. The van der Waals surface area contributed by atoms with Gasteiger partial charge in [0.15, 0.2) is 11.6 Å². The number of benzene rings is 1. The van der Waals surface area contributed by atoms with E-state index < -0.39 is 29.4 Å². The van der Waals surface area contributed by atoms with Crippen LogP contribution in [0, 0.1) is 11.6 Å². The van der Waals surface area contributed by atoms with Crippen LogP contribution in [0.3, 0.4) is 0 Å². The van der Waals surface area contributed by atoms with Crippen LogP contribution in [0.25, 0.3) is 0 Å². The Kier molecular flexibility index (Phi) is 4.14. The average molecular weight is 242 g/mol. The molecule has 4 nitrogen and oxygen atoms in total. The van der Waals surface area contributed by atoms with Gasteiger partial charge in [-0.25, -0.2) is 8.78 Å². The van der Waals surface area contributed by atoms with E-state index in [1.807, 2.05) is 0 Å². The summed E-state index contributed by atoms with van der Waals surface area (Å²) in [6, 6.07) is 3.54. The number of carbonyl (C=O) groups is 2. The van der Waals surface area contributed by atoms with E-state index in [9.17, 15) is 18.4 Å². The monoisotopic (exact) mass is 242 g/mol. The molecule has 0 radical (unpaired) electrons. The summed E-state index contributed by atoms with van der Waals surface area (Å²) in [6.07, 6.45) is -0.521. The molecule has 0 aromatic heterocycles. The fraction of sp³-hybridized carbons (Fsp3) is 0.273. The second kappa shape index (κ2) is 5.38. The van der Waals surface area contributed by atoms with Gasteiger partial charge in [0.2, 0.25) is 11.8 Å². The molecule has 1 aromatic rings. The zero-order chi connectivity index (χ0) is 13.0. The lowest BCUT2D eigenvalue weighted by Gasteiger charge is -2.14. The highest BCUT2D eigenvalue weighted by atomic mass is 19.2. The van der Waals surface area contributed by atoms with Crippen LogP contribution in [-0.4, -0.2) is 11.8 Å². The Hall–Kier alpha value is -1.98. The minimum absolute atomic E-state index is 0.0670. The molecule has 0 aliphatic rings. The van der Waals surface area contributed by atoms with Crippen molar-refractivity contribution in [2.75, 3.05) is 0 Å². The Morgan fingerprint density at radius 2 is 1.65 bits per heavy atom. The number of amides is 2. The van der Waals surface area contributed by atoms with Crippen molar-refractivity contribution >= 4 is 11.8 Å². The van der Waals surface area contributed by atoms with Gasteiger partial charge in [0.05, 0.1) is 0 Å². The Labute approximate surface area is 96.6 Å². The lowest BCUT2D eigenvalue weighted by Crippen LogP contribution is -2.21. The molecule has 1 aromatic carbocycles. The molecule has 0 saturated carbocycles. The van der Waals surface area contributed by atoms with Crippen LogP contribution in [0.1, 0.15) is 24.3 Å². The summed E-state index contributed by atoms with van der Waals surface area (Å²) in [5.74, 6) is -4.37. The summed E-state index contributed by atoms with van der Waals surface area (Å²) in [5.41, 5.74) is 9.91. The van der Waals surface area contributed by atoms with Crippen LogP contribution in [0.5, 0.6) is 0 Å². The second-order valence-electron chi connectivity index (χ2n) is 3.68. The molecule has 0 unspecified atom stereocenters. The van der Waals surface area contributed by atoms with Crippen molar-refractivity contribution in [2.24, 2.45) is 11.5 Å². The number of hydrogen-bond donors (Lipinski definition) is 2. The quantitative estimate of drug-likeness (QED) is 0.800. The molecule has 0 heterocycles. The van der Waals surface area contributed by atoms with E-state index in [1.54, 1.807) is 0 Å². The normalized spacial score (nSPS) is 10.5. The Bertz CT molecular complexity index is 433. The topological polar surface area (TPSA) is 86.2 Å². The van der Waals surface area contributed by atoms with Crippen molar-refractivity contribution in [2.45, 2.75) is 18.8 Å². The van der Waals surface area contributed by atoms with Gasteiger partial charge in [-0.2, -0.15) is 0 Å². The fourth-order valence-corrected chi connectivity index (χ4v) is 1.61. The summed E-state index contributed by atoms with van der Waals surface area (Å²) in [5, 5.41) is 0. The molecule has 4 N–H and O–H groups in total. The summed E-state index contributed by atoms with van der Waals surface area (Å²) in [4.78, 5) is 21.6. The van der Waals surface area contributed by atoms with Crippen molar-refractivity contribution in [3.8, 4) is 0 Å². The van der Waals surface area contributed by atoms with Gasteiger partial charge in [0.1, 0.15) is 0 Å². The van der Waals surface area contributed by atoms with Crippen molar-refractivity contribution in [3.05, 3.63) is 35.4 Å². The van der Waals surface area contributed by atoms with E-state index in [2.05, 4.69) is 0 Å². The van der Waals surface area contributed by atoms with E-state index in [1.165, 1.54) is 12.1 Å². The Morgan fingerprint density at radius 1 is 1.12 bits per heavy atom. The molecule has 1 rings (SSSR count). The standard InChI is InChI=1S/C11H12F2N2O2/c12-8-3-1-2-7(11(8)13)6(4-9(14)16)5-10(15)17/h1-3,6H,4-5H2,(H2,14,16)(H2,15,17). The number of nitrogens with two attached hydrogens (primary N) is 2. The molecule has 0 fully saturated rings. The largest absolute Gasteiger partial charge is 0.370 e. The van der Waals surface area contributed by atoms with E-state index in [-0.39, 0.29) is 18.4 Å². The molecule has 2 amide bonds. The summed E-state index contributed by atoms with van der Waals surface area (Å²) >= 11 is 0. The van der Waals surface area contributed by atoms with E-state index in [0.29, 0.717) is 0 Å². The minimum Gasteiger partial charge on any atom is -0.370 e. The maximum atomic E-state index is 13.5. The van der Waals surface area contributed by atoms with Crippen LogP contribution in [0.2, 0.25) is 0 Å². The summed E-state index contributed by atoms with van der Waals surface area (Å²) in [7, 11) is 0. The van der Waals surface area contributed by atoms with E-state index in [4.69, 9.17) is 11.5 Å². The van der Waals surface area contributed by atoms with E-state index in [0.717, 1.165) is 6.07 Å². The Balaban J connectivity index is 3.07. The van der Waals surface area contributed by atoms with Gasteiger partial charge in [0, 0.05) is 18.8 Å². The lowest BCUT2D eigenvalue weighted by molar-refractivity contribution is -0.119. The van der Waals surface area contributed by atoms with Crippen molar-refractivity contribution in [3.63, 3.8) is 0 Å². The number of rotatable bonds is 5. The third-order valence-electron chi connectivity index (χ3n) is 2.32. The molecule has 17 heavy (non-hydrogen) atoms. The maximum absolute atomic E-state index is 13.5. The summed E-state index contributed by atoms with van der Waals surface area (Å²) < 4.78 is 26.5. The van der Waals surface area contributed by atoms with Crippen LogP contribution in [0.15, 0.2) is 18.2 Å². The fourth-order valence-electron chi connectivity index (χ4n) is 1.61. The molecule has 0 spiro atoms. The molecule has 0 atom stereocenters. The average Bonchev–Trinajstić information content (AvgIpc) is 2.19. The first kappa shape index (κ1) is 13.1. The van der Waals surface area contributed by atoms with Gasteiger partial charge in [0.25, 0.3) is 0 Å². The Morgan fingerprint density at radius 3 is 2.12 bits per heavy atom. The molecule has 0 aliphatic carbocycles. The highest BCUT2D eigenvalue weighted by molar-refractivity contribution is 5.78. The zero-order valence-corrected chi connectivity index (χ0v) is 8.95. The van der Waals surface area contributed by atoms with Gasteiger partial charge in [-0.3, -0.25) is 9.59 Å². The number of primary amides is 2. The first-order valence-corrected chi connectivity index (χ1v) is 4.92. The first-order chi connectivity index (χ1) is 7.91. The highest BCUT2D eigenvalue weighted by Gasteiger charge is 2.21. The molecular weight excluding hydrogens is 230 g/mol. The van der Waals surface area contributed by atoms with Crippen molar-refractivity contribution < 1.29 is 18.4 Å². The number of halogens is 2. The third-order valence-corrected chi connectivity index (χ3v) is 2.32. The van der Waals surface area contributed by atoms with Crippen LogP contribution >= 0.6 is 0 Å². The van der Waals surface area contributed by atoms with Gasteiger partial charge in [-0.05, 0) is 11.6 Å². The molecule has 92 valence electrons. The van der Waals surface area contributed by atoms with Crippen molar-refractivity contribution in [1.29, 1.82) is 0 Å². The SMILES string of the molecule is NC(=O)CC(CC(N)=O)c1cccc(F)c1F. The minimum atomic E-state index is -1.08. The lowest BCUT2D eigenvalue weighted by atomic mass is 9.91. The summed E-state index contributed by atoms with van der Waals surface area (Å²) in [6.45, 7) is 0. The molecule has 0 aliphatic heterocycles. The highest BCUT2D eigenvalue weighted by Crippen LogP contribution is 2.26. The van der Waals surface area contributed by atoms with Gasteiger partial charge < -0.3 is 11.5 Å². The molecule has 0 bridgehead atoms. The van der Waals surface area contributed by atoms with Gasteiger partial charge in [-0.1, -0.05) is 12.1 Å². The number of hydrogen-bond acceptors (Lipinski definition) is 2. The van der Waals surface area contributed by atoms with Crippen LogP contribution in [0.4, 0.5) is 8.78 Å². The number of carbonyl (C=O) groups excluding carboxylic acids is 2. The van der Waals surface area contributed by atoms with E-state index >= 15 is 0 Å².